The lowest BCUT2D eigenvalue weighted by Crippen LogP contribution is -2.75. The van der Waals surface area contributed by atoms with Gasteiger partial charge >= 0.3 is 0 Å². The number of Topliss-reactive ketones (excluding diaryl/α,β-unsaturated/α-hetero) is 1. The zero-order valence-electron chi connectivity index (χ0n) is 22.0. The third-order valence-corrected chi connectivity index (χ3v) is 8.06. The summed E-state index contributed by atoms with van der Waals surface area (Å²) in [5.41, 5.74) is 2.90. The van der Waals surface area contributed by atoms with Gasteiger partial charge in [0, 0.05) is 24.0 Å². The number of rotatable bonds is 4. The Balaban J connectivity index is 2.03. The quantitative estimate of drug-likeness (QED) is 0.307. The molecule has 0 radical (unpaired) electrons. The van der Waals surface area contributed by atoms with E-state index < -0.39 is 64.8 Å². The van der Waals surface area contributed by atoms with Crippen LogP contribution in [0.15, 0.2) is 35.1 Å². The van der Waals surface area contributed by atoms with Crippen molar-refractivity contribution < 1.29 is 35.1 Å². The number of nitrogens with zero attached hydrogens (tertiary/aromatic N) is 1. The molecule has 0 aliphatic heterocycles. The van der Waals surface area contributed by atoms with Crippen molar-refractivity contribution in [3.05, 3.63) is 46.2 Å². The number of aliphatic hydroxyl groups is 4. The van der Waals surface area contributed by atoms with Crippen molar-refractivity contribution >= 4 is 17.4 Å². The van der Waals surface area contributed by atoms with Crippen LogP contribution >= 0.6 is 0 Å². The highest BCUT2D eigenvalue weighted by Gasteiger charge is 2.68. The number of amides is 1. The van der Waals surface area contributed by atoms with Gasteiger partial charge in [0.1, 0.15) is 17.3 Å². The maximum absolute atomic E-state index is 14.3. The first-order chi connectivity index (χ1) is 17.1. The van der Waals surface area contributed by atoms with E-state index in [-0.39, 0.29) is 34.4 Å². The van der Waals surface area contributed by atoms with E-state index in [9.17, 15) is 35.1 Å². The Bertz CT molecular complexity index is 1210. The molecule has 8 N–H and O–H groups in total. The maximum Gasteiger partial charge on any atom is 0.249 e. The second-order valence-electron chi connectivity index (χ2n) is 11.9. The minimum absolute atomic E-state index is 0.0662. The SMILES string of the molecule is C[C@H]1c2cccc(O)c2C(O)=C2C(=O)[C@@]3(O)C([C@@H](O)C21)[C@H](N(C)C)C(O)=C(C(N)=O)[C@H]3NCC(C)(C)C. The maximum atomic E-state index is 14.3. The fourth-order valence-electron chi connectivity index (χ4n) is 6.46. The van der Waals surface area contributed by atoms with Gasteiger partial charge in [-0.15, -0.1) is 0 Å². The predicted molar refractivity (Wildman–Crippen MR) is 137 cm³/mol. The third-order valence-electron chi connectivity index (χ3n) is 8.06. The molecule has 4 rings (SSSR count). The number of hydrogen-bond donors (Lipinski definition) is 7. The van der Waals surface area contributed by atoms with Crippen LogP contribution in [0.1, 0.15) is 44.7 Å². The average Bonchev–Trinajstić information content (AvgIpc) is 2.78. The minimum atomic E-state index is -2.46. The number of ketones is 1. The van der Waals surface area contributed by atoms with Gasteiger partial charge in [0.05, 0.1) is 29.3 Å². The van der Waals surface area contributed by atoms with Gasteiger partial charge in [-0.05, 0) is 37.1 Å². The molecule has 1 aromatic rings. The van der Waals surface area contributed by atoms with Gasteiger partial charge in [0.15, 0.2) is 11.4 Å². The van der Waals surface area contributed by atoms with Crippen LogP contribution in [-0.2, 0) is 9.59 Å². The first-order valence-electron chi connectivity index (χ1n) is 12.4. The molecule has 202 valence electrons. The summed E-state index contributed by atoms with van der Waals surface area (Å²) in [7, 11) is 3.20. The molecular formula is C27H37N3O7. The number of hydrogen-bond acceptors (Lipinski definition) is 9. The first-order valence-corrected chi connectivity index (χ1v) is 12.4. The zero-order valence-corrected chi connectivity index (χ0v) is 22.0. The number of nitrogens with one attached hydrogen (secondary N) is 1. The zero-order chi connectivity index (χ0) is 27.8. The summed E-state index contributed by atoms with van der Waals surface area (Å²) >= 11 is 0. The molecule has 10 nitrogen and oxygen atoms in total. The number of benzene rings is 1. The van der Waals surface area contributed by atoms with E-state index in [0.29, 0.717) is 5.56 Å². The van der Waals surface area contributed by atoms with Crippen LogP contribution < -0.4 is 11.1 Å². The third kappa shape index (κ3) is 3.85. The molecular weight excluding hydrogens is 478 g/mol. The highest BCUT2D eigenvalue weighted by molar-refractivity contribution is 6.11. The molecule has 0 bridgehead atoms. The van der Waals surface area contributed by atoms with E-state index in [4.69, 9.17) is 5.73 Å². The monoisotopic (exact) mass is 515 g/mol. The highest BCUT2D eigenvalue weighted by Crippen LogP contribution is 2.56. The topological polar surface area (TPSA) is 177 Å². The van der Waals surface area contributed by atoms with Gasteiger partial charge in [0.25, 0.3) is 0 Å². The van der Waals surface area contributed by atoms with Crippen molar-refractivity contribution in [2.45, 2.75) is 57.4 Å². The molecule has 2 unspecified atom stereocenters. The largest absolute Gasteiger partial charge is 0.510 e. The second kappa shape index (κ2) is 8.83. The molecule has 3 aliphatic carbocycles. The molecule has 1 fully saturated rings. The summed E-state index contributed by atoms with van der Waals surface area (Å²) < 4.78 is 0. The Kier molecular flexibility index (Phi) is 6.48. The van der Waals surface area contributed by atoms with E-state index in [0.717, 1.165) is 0 Å². The summed E-state index contributed by atoms with van der Waals surface area (Å²) in [6.07, 6.45) is -1.42. The number of aromatic hydroxyl groups is 1. The lowest BCUT2D eigenvalue weighted by atomic mass is 9.53. The van der Waals surface area contributed by atoms with Crippen molar-refractivity contribution in [1.29, 1.82) is 0 Å². The predicted octanol–water partition coefficient (Wildman–Crippen LogP) is 0.931. The molecule has 37 heavy (non-hydrogen) atoms. The molecule has 7 atom stereocenters. The first kappa shape index (κ1) is 27.1. The Morgan fingerprint density at radius 3 is 2.35 bits per heavy atom. The van der Waals surface area contributed by atoms with Crippen LogP contribution in [0.2, 0.25) is 0 Å². The van der Waals surface area contributed by atoms with Gasteiger partial charge in [-0.25, -0.2) is 0 Å². The summed E-state index contributed by atoms with van der Waals surface area (Å²) in [5.74, 6) is -5.85. The van der Waals surface area contributed by atoms with Crippen LogP contribution in [0.4, 0.5) is 0 Å². The molecule has 1 aromatic carbocycles. The standard InChI is InChI=1S/C27H37N3O7/c1-11-12-8-7-9-13(31)15(12)20(32)16-14(11)21(33)18-19(30(5)6)22(34)17(25(28)36)23(27(18,37)24(16)35)29-10-26(2,3)4/h7-9,11,14,18-19,21,23,29,31-34,37H,10H2,1-6H3,(H2,28,36)/t11-,14?,18?,19-,21-,23+,27+/m0/s1. The van der Waals surface area contributed by atoms with Crippen LogP contribution in [0.5, 0.6) is 5.75 Å². The summed E-state index contributed by atoms with van der Waals surface area (Å²) in [5, 5.41) is 60.4. The number of carbonyl (C=O) groups excluding carboxylic acids is 2. The van der Waals surface area contributed by atoms with Crippen LogP contribution in [0.3, 0.4) is 0 Å². The number of aliphatic hydroxyl groups excluding tert-OH is 3. The molecule has 0 saturated heterocycles. The summed E-state index contributed by atoms with van der Waals surface area (Å²) in [6, 6.07) is 2.10. The Labute approximate surface area is 216 Å². The molecule has 3 aliphatic rings. The molecule has 0 aromatic heterocycles. The molecule has 0 spiro atoms. The number of carbonyl (C=O) groups is 2. The molecule has 10 heteroatoms. The van der Waals surface area contributed by atoms with Crippen molar-refractivity contribution in [3.8, 4) is 5.75 Å². The smallest absolute Gasteiger partial charge is 0.249 e. The second-order valence-corrected chi connectivity index (χ2v) is 11.9. The number of phenolic OH excluding ortho intramolecular Hbond substituents is 1. The van der Waals surface area contributed by atoms with Crippen molar-refractivity contribution in [2.75, 3.05) is 20.6 Å². The van der Waals surface area contributed by atoms with Crippen LogP contribution in [0, 0.1) is 17.3 Å². The van der Waals surface area contributed by atoms with E-state index in [1.165, 1.54) is 11.0 Å². The summed E-state index contributed by atoms with van der Waals surface area (Å²) in [6.45, 7) is 7.71. The fraction of sp³-hybridized carbons (Fsp3) is 0.556. The Morgan fingerprint density at radius 2 is 1.81 bits per heavy atom. The highest BCUT2D eigenvalue weighted by atomic mass is 16.3. The lowest BCUT2D eigenvalue weighted by Gasteiger charge is -2.57. The molecule has 1 saturated carbocycles. The van der Waals surface area contributed by atoms with Gasteiger partial charge in [-0.1, -0.05) is 39.8 Å². The number of primary amides is 1. The Morgan fingerprint density at radius 1 is 1.19 bits per heavy atom. The van der Waals surface area contributed by atoms with Crippen molar-refractivity contribution in [2.24, 2.45) is 23.0 Å². The average molecular weight is 516 g/mol. The Hall–Kier alpha value is -2.92. The fourth-order valence-corrected chi connectivity index (χ4v) is 6.46. The van der Waals surface area contributed by atoms with Crippen LogP contribution in [-0.4, -0.2) is 86.6 Å². The van der Waals surface area contributed by atoms with Gasteiger partial charge in [-0.2, -0.15) is 0 Å². The normalized spacial score (nSPS) is 33.8. The number of phenols is 1. The van der Waals surface area contributed by atoms with Gasteiger partial charge in [-0.3, -0.25) is 14.5 Å². The van der Waals surface area contributed by atoms with Gasteiger partial charge in [0.2, 0.25) is 5.91 Å². The summed E-state index contributed by atoms with van der Waals surface area (Å²) in [4.78, 5) is 28.5. The minimum Gasteiger partial charge on any atom is -0.510 e. The van der Waals surface area contributed by atoms with E-state index in [2.05, 4.69) is 5.32 Å². The van der Waals surface area contributed by atoms with Crippen LogP contribution in [0.25, 0.3) is 5.76 Å². The number of fused-ring (bicyclic) bond motifs is 3. The van der Waals surface area contributed by atoms with Gasteiger partial charge < -0.3 is 36.6 Å². The van der Waals surface area contributed by atoms with E-state index in [1.54, 1.807) is 33.2 Å². The van der Waals surface area contributed by atoms with Crippen molar-refractivity contribution in [1.82, 2.24) is 10.2 Å². The molecule has 1 amide bonds. The number of likely N-dealkylation sites (N-methyl/N-ethyl adjacent to an activating group) is 1. The number of nitrogens with two attached hydrogens (primary N) is 1. The van der Waals surface area contributed by atoms with Crippen molar-refractivity contribution in [3.63, 3.8) is 0 Å². The van der Waals surface area contributed by atoms with E-state index in [1.807, 2.05) is 20.8 Å². The van der Waals surface area contributed by atoms with E-state index >= 15 is 0 Å². The lowest BCUT2D eigenvalue weighted by molar-refractivity contribution is -0.174. The molecule has 0 heterocycles.